The van der Waals surface area contributed by atoms with Crippen LogP contribution in [0.25, 0.3) is 11.0 Å². The van der Waals surface area contributed by atoms with Crippen molar-refractivity contribution in [1.82, 2.24) is 19.3 Å². The minimum atomic E-state index is -0.454. The Hall–Kier alpha value is -1.83. The molecule has 7 nitrogen and oxygen atoms in total. The molecule has 0 N–H and O–H groups in total. The zero-order chi connectivity index (χ0) is 14.0. The van der Waals surface area contributed by atoms with Crippen LogP contribution in [0.2, 0.25) is 0 Å². The molecular weight excluding hydrogens is 268 g/mol. The van der Waals surface area contributed by atoms with Crippen LogP contribution < -0.4 is 5.56 Å². The van der Waals surface area contributed by atoms with E-state index in [4.69, 9.17) is 4.74 Å². The molecule has 0 atom stereocenters. The number of hydrogen-bond acceptors (Lipinski definition) is 6. The molecule has 19 heavy (non-hydrogen) atoms. The van der Waals surface area contributed by atoms with Gasteiger partial charge in [-0.3, -0.25) is 18.8 Å². The smallest absolute Gasteiger partial charge is 0.326 e. The van der Waals surface area contributed by atoms with Crippen LogP contribution in [-0.4, -0.2) is 38.2 Å². The number of nitrogens with zero attached hydrogens (tertiary/aromatic N) is 4. The predicted octanol–water partition coefficient (Wildman–Crippen LogP) is 0.415. The minimum Gasteiger partial charge on any atom is -0.465 e. The Kier molecular flexibility index (Phi) is 3.89. The average Bonchev–Trinajstić information content (AvgIpc) is 2.74. The Balaban J connectivity index is 2.54. The number of aryl methyl sites for hydroxylation is 1. The lowest BCUT2D eigenvalue weighted by Gasteiger charge is -2.09. The predicted molar refractivity (Wildman–Crippen MR) is 71.2 cm³/mol. The van der Waals surface area contributed by atoms with E-state index in [-0.39, 0.29) is 18.7 Å². The van der Waals surface area contributed by atoms with Gasteiger partial charge >= 0.3 is 5.97 Å². The minimum absolute atomic E-state index is 0.138. The third-order valence-electron chi connectivity index (χ3n) is 2.49. The summed E-state index contributed by atoms with van der Waals surface area (Å²) in [4.78, 5) is 28.1. The molecule has 0 unspecified atom stereocenters. The van der Waals surface area contributed by atoms with Crippen molar-refractivity contribution in [1.29, 1.82) is 0 Å². The fourth-order valence-electron chi connectivity index (χ4n) is 1.72. The number of esters is 1. The van der Waals surface area contributed by atoms with Crippen LogP contribution in [0.3, 0.4) is 0 Å². The summed E-state index contributed by atoms with van der Waals surface area (Å²) in [5.41, 5.74) is 0.104. The van der Waals surface area contributed by atoms with Crippen LogP contribution >= 0.6 is 11.8 Å². The summed E-state index contributed by atoms with van der Waals surface area (Å²) in [7, 11) is 1.72. The average molecular weight is 282 g/mol. The van der Waals surface area contributed by atoms with Crippen molar-refractivity contribution in [2.24, 2.45) is 7.05 Å². The SMILES string of the molecule is CCOC(=O)Cn1c(SC)nc2nn(C)cc2c1=O. The summed E-state index contributed by atoms with van der Waals surface area (Å²) in [5.74, 6) is -0.454. The molecule has 0 aromatic carbocycles. The van der Waals surface area contributed by atoms with E-state index in [1.807, 2.05) is 0 Å². The zero-order valence-electron chi connectivity index (χ0n) is 10.9. The molecule has 0 fully saturated rings. The fourth-order valence-corrected chi connectivity index (χ4v) is 2.27. The molecule has 0 spiro atoms. The van der Waals surface area contributed by atoms with Gasteiger partial charge in [0.15, 0.2) is 10.8 Å². The van der Waals surface area contributed by atoms with Gasteiger partial charge in [-0.15, -0.1) is 0 Å². The molecule has 2 aromatic rings. The highest BCUT2D eigenvalue weighted by Crippen LogP contribution is 2.13. The van der Waals surface area contributed by atoms with Gasteiger partial charge in [-0.25, -0.2) is 4.98 Å². The van der Waals surface area contributed by atoms with Crippen LogP contribution in [0.1, 0.15) is 6.92 Å². The quantitative estimate of drug-likeness (QED) is 0.459. The van der Waals surface area contributed by atoms with Gasteiger partial charge in [-0.2, -0.15) is 5.10 Å². The lowest BCUT2D eigenvalue weighted by Crippen LogP contribution is -2.27. The Morgan fingerprint density at radius 2 is 2.26 bits per heavy atom. The third-order valence-corrected chi connectivity index (χ3v) is 3.17. The maximum absolute atomic E-state index is 12.3. The monoisotopic (exact) mass is 282 g/mol. The summed E-state index contributed by atoms with van der Waals surface area (Å²) < 4.78 is 7.70. The van der Waals surface area contributed by atoms with E-state index in [2.05, 4.69) is 10.1 Å². The van der Waals surface area contributed by atoms with E-state index in [1.54, 1.807) is 26.4 Å². The van der Waals surface area contributed by atoms with Crippen LogP contribution in [0.4, 0.5) is 0 Å². The van der Waals surface area contributed by atoms with Crippen molar-refractivity contribution in [3.63, 3.8) is 0 Å². The molecule has 8 heteroatoms. The third kappa shape index (κ3) is 2.62. The largest absolute Gasteiger partial charge is 0.465 e. The van der Waals surface area contributed by atoms with Gasteiger partial charge in [0.2, 0.25) is 0 Å². The molecule has 0 saturated heterocycles. The number of thioether (sulfide) groups is 1. The number of hydrogen-bond donors (Lipinski definition) is 0. The van der Waals surface area contributed by atoms with E-state index in [9.17, 15) is 9.59 Å². The number of rotatable bonds is 4. The molecule has 0 saturated carbocycles. The van der Waals surface area contributed by atoms with Gasteiger partial charge in [-0.1, -0.05) is 11.8 Å². The van der Waals surface area contributed by atoms with Gasteiger partial charge in [0.25, 0.3) is 5.56 Å². The Bertz CT molecular complexity index is 676. The van der Waals surface area contributed by atoms with Gasteiger partial charge < -0.3 is 4.74 Å². The van der Waals surface area contributed by atoms with Crippen LogP contribution in [0.15, 0.2) is 16.1 Å². The van der Waals surface area contributed by atoms with Crippen molar-refractivity contribution in [3.05, 3.63) is 16.6 Å². The van der Waals surface area contributed by atoms with Crippen molar-refractivity contribution in [2.45, 2.75) is 18.6 Å². The molecule has 0 radical (unpaired) electrons. The molecular formula is C11H14N4O3S. The topological polar surface area (TPSA) is 79.0 Å². The number of fused-ring (bicyclic) bond motifs is 1. The Morgan fingerprint density at radius 3 is 2.89 bits per heavy atom. The normalized spacial score (nSPS) is 10.9. The van der Waals surface area contributed by atoms with Crippen molar-refractivity contribution in [2.75, 3.05) is 12.9 Å². The molecule has 102 valence electrons. The van der Waals surface area contributed by atoms with E-state index < -0.39 is 5.97 Å². The van der Waals surface area contributed by atoms with Crippen molar-refractivity contribution < 1.29 is 9.53 Å². The molecule has 2 rings (SSSR count). The van der Waals surface area contributed by atoms with E-state index in [0.717, 1.165) is 0 Å². The number of carbonyl (C=O) groups is 1. The number of carbonyl (C=O) groups excluding carboxylic acids is 1. The van der Waals surface area contributed by atoms with Gasteiger partial charge in [-0.05, 0) is 13.2 Å². The molecule has 2 aromatic heterocycles. The van der Waals surface area contributed by atoms with E-state index in [1.165, 1.54) is 21.0 Å². The summed E-state index contributed by atoms with van der Waals surface area (Å²) >= 11 is 1.29. The van der Waals surface area contributed by atoms with E-state index >= 15 is 0 Å². The maximum atomic E-state index is 12.3. The van der Waals surface area contributed by atoms with Crippen LogP contribution in [0, 0.1) is 0 Å². The first-order chi connectivity index (χ1) is 9.06. The highest BCUT2D eigenvalue weighted by molar-refractivity contribution is 7.98. The number of aromatic nitrogens is 4. The van der Waals surface area contributed by atoms with Crippen molar-refractivity contribution >= 4 is 28.8 Å². The van der Waals surface area contributed by atoms with Crippen LogP contribution in [-0.2, 0) is 23.1 Å². The lowest BCUT2D eigenvalue weighted by atomic mass is 10.4. The highest BCUT2D eigenvalue weighted by atomic mass is 32.2. The van der Waals surface area contributed by atoms with E-state index in [0.29, 0.717) is 16.2 Å². The summed E-state index contributed by atoms with van der Waals surface area (Å²) in [6, 6.07) is 0. The summed E-state index contributed by atoms with van der Waals surface area (Å²) in [5, 5.41) is 4.94. The van der Waals surface area contributed by atoms with Crippen molar-refractivity contribution in [3.8, 4) is 0 Å². The highest BCUT2D eigenvalue weighted by Gasteiger charge is 2.15. The standard InChI is InChI=1S/C11H14N4O3S/c1-4-18-8(16)6-15-10(17)7-5-14(2)13-9(7)12-11(15)19-3/h5H,4,6H2,1-3H3. The summed E-state index contributed by atoms with van der Waals surface area (Å²) in [6.45, 7) is 1.87. The first kappa shape index (κ1) is 13.6. The summed E-state index contributed by atoms with van der Waals surface area (Å²) in [6.07, 6.45) is 3.38. The lowest BCUT2D eigenvalue weighted by molar-refractivity contribution is -0.144. The first-order valence-electron chi connectivity index (χ1n) is 5.70. The first-order valence-corrected chi connectivity index (χ1v) is 6.93. The molecule has 2 heterocycles. The fraction of sp³-hybridized carbons (Fsp3) is 0.455. The zero-order valence-corrected chi connectivity index (χ0v) is 11.7. The molecule has 0 aliphatic carbocycles. The van der Waals surface area contributed by atoms with Crippen LogP contribution in [0.5, 0.6) is 0 Å². The van der Waals surface area contributed by atoms with Gasteiger partial charge in [0.05, 0.1) is 6.61 Å². The second-order valence-electron chi connectivity index (χ2n) is 3.83. The van der Waals surface area contributed by atoms with Gasteiger partial charge in [0.1, 0.15) is 11.9 Å². The maximum Gasteiger partial charge on any atom is 0.326 e. The Labute approximate surface area is 113 Å². The molecule has 0 amide bonds. The number of ether oxygens (including phenoxy) is 1. The van der Waals surface area contributed by atoms with Gasteiger partial charge in [0, 0.05) is 13.2 Å². The Morgan fingerprint density at radius 1 is 1.53 bits per heavy atom. The molecule has 0 aliphatic heterocycles. The molecule has 0 bridgehead atoms. The molecule has 0 aliphatic rings. The second kappa shape index (κ2) is 5.43. The second-order valence-corrected chi connectivity index (χ2v) is 4.61.